The number of nitrogens with one attached hydrogen (secondary N) is 1. The van der Waals surface area contributed by atoms with E-state index in [0.717, 1.165) is 44.0 Å². The standard InChI is InChI=1S/C13H18N6O/c1-10-6-12(15-8-14-10)18-11-2-4-19(5-3-11)7-13-16-9-17-20-13/h6,8-9,11H,2-5,7H2,1H3,(H,14,15,18). The Morgan fingerprint density at radius 1 is 1.25 bits per heavy atom. The molecular weight excluding hydrogens is 256 g/mol. The van der Waals surface area contributed by atoms with Crippen molar-refractivity contribution >= 4 is 5.82 Å². The van der Waals surface area contributed by atoms with Crippen LogP contribution in [0.25, 0.3) is 0 Å². The molecule has 1 saturated heterocycles. The molecular formula is C13H18N6O. The molecule has 1 aliphatic rings. The van der Waals surface area contributed by atoms with Gasteiger partial charge in [0.1, 0.15) is 12.1 Å². The number of hydrogen-bond donors (Lipinski definition) is 1. The van der Waals surface area contributed by atoms with E-state index >= 15 is 0 Å². The van der Waals surface area contributed by atoms with E-state index in [1.54, 1.807) is 6.33 Å². The third-order valence-corrected chi connectivity index (χ3v) is 3.51. The number of piperidine rings is 1. The van der Waals surface area contributed by atoms with Crippen LogP contribution in [0.15, 0.2) is 23.2 Å². The summed E-state index contributed by atoms with van der Waals surface area (Å²) >= 11 is 0. The Morgan fingerprint density at radius 2 is 2.10 bits per heavy atom. The minimum Gasteiger partial charge on any atom is -0.367 e. The Labute approximate surface area is 117 Å². The summed E-state index contributed by atoms with van der Waals surface area (Å²) in [6.07, 6.45) is 5.21. The van der Waals surface area contributed by atoms with Gasteiger partial charge in [0.05, 0.1) is 6.54 Å². The second-order valence-electron chi connectivity index (χ2n) is 5.07. The Bertz CT molecular complexity index is 536. The van der Waals surface area contributed by atoms with Crippen molar-refractivity contribution in [3.8, 4) is 0 Å². The van der Waals surface area contributed by atoms with Gasteiger partial charge < -0.3 is 9.84 Å². The molecule has 0 radical (unpaired) electrons. The van der Waals surface area contributed by atoms with Gasteiger partial charge in [-0.05, 0) is 19.8 Å². The smallest absolute Gasteiger partial charge is 0.240 e. The van der Waals surface area contributed by atoms with E-state index in [-0.39, 0.29) is 0 Å². The van der Waals surface area contributed by atoms with Crippen molar-refractivity contribution in [2.75, 3.05) is 18.4 Å². The molecule has 0 aromatic carbocycles. The van der Waals surface area contributed by atoms with Crippen LogP contribution in [0.4, 0.5) is 5.82 Å². The number of aryl methyl sites for hydroxylation is 1. The average Bonchev–Trinajstić information content (AvgIpc) is 2.94. The van der Waals surface area contributed by atoms with Crippen molar-refractivity contribution in [3.63, 3.8) is 0 Å². The number of anilines is 1. The fourth-order valence-electron chi connectivity index (χ4n) is 2.43. The van der Waals surface area contributed by atoms with Crippen molar-refractivity contribution in [2.45, 2.75) is 32.4 Å². The maximum Gasteiger partial charge on any atom is 0.240 e. The summed E-state index contributed by atoms with van der Waals surface area (Å²) in [5, 5.41) is 7.10. The summed E-state index contributed by atoms with van der Waals surface area (Å²) in [4.78, 5) is 14.7. The molecule has 0 aliphatic carbocycles. The van der Waals surface area contributed by atoms with E-state index in [0.29, 0.717) is 11.9 Å². The van der Waals surface area contributed by atoms with Crippen LogP contribution in [0.5, 0.6) is 0 Å². The van der Waals surface area contributed by atoms with Gasteiger partial charge in [-0.25, -0.2) is 9.97 Å². The fourth-order valence-corrected chi connectivity index (χ4v) is 2.43. The van der Waals surface area contributed by atoms with Crippen molar-refractivity contribution in [3.05, 3.63) is 30.3 Å². The average molecular weight is 274 g/mol. The molecule has 1 fully saturated rings. The Morgan fingerprint density at radius 3 is 2.80 bits per heavy atom. The molecule has 3 rings (SSSR count). The number of rotatable bonds is 4. The highest BCUT2D eigenvalue weighted by Crippen LogP contribution is 2.16. The number of aromatic nitrogens is 4. The van der Waals surface area contributed by atoms with Gasteiger partial charge >= 0.3 is 0 Å². The van der Waals surface area contributed by atoms with Crippen LogP contribution in [-0.2, 0) is 6.54 Å². The molecule has 20 heavy (non-hydrogen) atoms. The lowest BCUT2D eigenvalue weighted by atomic mass is 10.1. The van der Waals surface area contributed by atoms with Gasteiger partial charge in [-0.1, -0.05) is 5.16 Å². The first-order valence-electron chi connectivity index (χ1n) is 6.83. The van der Waals surface area contributed by atoms with Gasteiger partial charge in [0, 0.05) is 30.9 Å². The molecule has 0 saturated carbocycles. The zero-order valence-corrected chi connectivity index (χ0v) is 11.5. The zero-order valence-electron chi connectivity index (χ0n) is 11.5. The predicted molar refractivity (Wildman–Crippen MR) is 73.0 cm³/mol. The van der Waals surface area contributed by atoms with E-state index in [9.17, 15) is 0 Å². The van der Waals surface area contributed by atoms with Crippen molar-refractivity contribution in [2.24, 2.45) is 0 Å². The molecule has 2 aromatic heterocycles. The first-order valence-corrected chi connectivity index (χ1v) is 6.83. The molecule has 0 atom stereocenters. The Hall–Kier alpha value is -2.02. The van der Waals surface area contributed by atoms with Crippen LogP contribution < -0.4 is 5.32 Å². The SMILES string of the molecule is Cc1cc(NC2CCN(Cc3ncno3)CC2)ncn1. The summed E-state index contributed by atoms with van der Waals surface area (Å²) < 4.78 is 5.04. The second kappa shape index (κ2) is 5.96. The summed E-state index contributed by atoms with van der Waals surface area (Å²) in [5.74, 6) is 1.59. The minimum absolute atomic E-state index is 0.461. The highest BCUT2D eigenvalue weighted by molar-refractivity contribution is 5.35. The first kappa shape index (κ1) is 13.0. The lowest BCUT2D eigenvalue weighted by Crippen LogP contribution is -2.38. The Kier molecular flexibility index (Phi) is 3.87. The van der Waals surface area contributed by atoms with Crippen LogP contribution in [0.3, 0.4) is 0 Å². The van der Waals surface area contributed by atoms with Gasteiger partial charge in [-0.3, -0.25) is 4.90 Å². The van der Waals surface area contributed by atoms with Crippen LogP contribution in [0.1, 0.15) is 24.4 Å². The molecule has 3 heterocycles. The summed E-state index contributed by atoms with van der Waals surface area (Å²) in [6.45, 7) is 4.74. The third-order valence-electron chi connectivity index (χ3n) is 3.51. The lowest BCUT2D eigenvalue weighted by Gasteiger charge is -2.31. The highest BCUT2D eigenvalue weighted by Gasteiger charge is 2.20. The predicted octanol–water partition coefficient (Wildman–Crippen LogP) is 1.24. The summed E-state index contributed by atoms with van der Waals surface area (Å²) in [7, 11) is 0. The largest absolute Gasteiger partial charge is 0.367 e. The van der Waals surface area contributed by atoms with E-state index in [1.165, 1.54) is 6.33 Å². The monoisotopic (exact) mass is 274 g/mol. The number of hydrogen-bond acceptors (Lipinski definition) is 7. The van der Waals surface area contributed by atoms with Crippen molar-refractivity contribution < 1.29 is 4.52 Å². The van der Waals surface area contributed by atoms with Gasteiger partial charge in [0.25, 0.3) is 0 Å². The molecule has 0 bridgehead atoms. The van der Waals surface area contributed by atoms with Crippen molar-refractivity contribution in [1.29, 1.82) is 0 Å². The molecule has 0 spiro atoms. The lowest BCUT2D eigenvalue weighted by molar-refractivity contribution is 0.186. The summed E-state index contributed by atoms with van der Waals surface area (Å²) in [5.41, 5.74) is 0.983. The second-order valence-corrected chi connectivity index (χ2v) is 5.07. The quantitative estimate of drug-likeness (QED) is 0.898. The van der Waals surface area contributed by atoms with Gasteiger partial charge in [-0.15, -0.1) is 0 Å². The molecule has 0 amide bonds. The van der Waals surface area contributed by atoms with Gasteiger partial charge in [-0.2, -0.15) is 4.98 Å². The number of likely N-dealkylation sites (tertiary alicyclic amines) is 1. The first-order chi connectivity index (χ1) is 9.79. The third kappa shape index (κ3) is 3.30. The van der Waals surface area contributed by atoms with E-state index < -0.39 is 0 Å². The van der Waals surface area contributed by atoms with Crippen molar-refractivity contribution in [1.82, 2.24) is 25.0 Å². The van der Waals surface area contributed by atoms with Crippen LogP contribution in [0.2, 0.25) is 0 Å². The molecule has 1 N–H and O–H groups in total. The molecule has 7 heteroatoms. The molecule has 2 aromatic rings. The maximum atomic E-state index is 5.04. The van der Waals surface area contributed by atoms with Crippen LogP contribution in [0, 0.1) is 6.92 Å². The van der Waals surface area contributed by atoms with E-state index in [4.69, 9.17) is 4.52 Å². The van der Waals surface area contributed by atoms with Crippen LogP contribution in [-0.4, -0.2) is 44.1 Å². The molecule has 7 nitrogen and oxygen atoms in total. The maximum absolute atomic E-state index is 5.04. The molecule has 1 aliphatic heterocycles. The van der Waals surface area contributed by atoms with Gasteiger partial charge in [0.15, 0.2) is 6.33 Å². The topological polar surface area (TPSA) is 80.0 Å². The van der Waals surface area contributed by atoms with Gasteiger partial charge in [0.2, 0.25) is 5.89 Å². The normalized spacial score (nSPS) is 17.2. The van der Waals surface area contributed by atoms with E-state index in [1.807, 2.05) is 13.0 Å². The summed E-state index contributed by atoms with van der Waals surface area (Å²) in [6, 6.07) is 2.44. The zero-order chi connectivity index (χ0) is 13.8. The number of nitrogens with zero attached hydrogens (tertiary/aromatic N) is 5. The van der Waals surface area contributed by atoms with Crippen LogP contribution >= 0.6 is 0 Å². The van der Waals surface area contributed by atoms with E-state index in [2.05, 4.69) is 30.3 Å². The molecule has 106 valence electrons. The molecule has 0 unspecified atom stereocenters. The minimum atomic E-state index is 0.461. The Balaban J connectivity index is 1.48. The fraction of sp³-hybridized carbons (Fsp3) is 0.538. The highest BCUT2D eigenvalue weighted by atomic mass is 16.5.